The molecule has 0 aliphatic carbocycles. The lowest BCUT2D eigenvalue weighted by atomic mass is 10.0. The highest BCUT2D eigenvalue weighted by molar-refractivity contribution is 7.18. The number of aryl methyl sites for hydroxylation is 2. The van der Waals surface area contributed by atoms with Crippen molar-refractivity contribution in [3.8, 4) is 0 Å². The van der Waals surface area contributed by atoms with Gasteiger partial charge < -0.3 is 5.32 Å². The number of nitrogens with zero attached hydrogens (tertiary/aromatic N) is 4. The number of hydrogen-bond donors (Lipinski definition) is 1. The van der Waals surface area contributed by atoms with Crippen molar-refractivity contribution in [1.29, 1.82) is 0 Å². The van der Waals surface area contributed by atoms with Crippen molar-refractivity contribution in [3.63, 3.8) is 0 Å². The third-order valence-electron chi connectivity index (χ3n) is 4.53. The molecule has 0 bridgehead atoms. The fourth-order valence-corrected chi connectivity index (χ4v) is 3.93. The van der Waals surface area contributed by atoms with E-state index in [0.29, 0.717) is 28.3 Å². The Kier molecular flexibility index (Phi) is 4.91. The number of hydrogen-bond acceptors (Lipinski definition) is 6. The molecule has 9 heteroatoms. The summed E-state index contributed by atoms with van der Waals surface area (Å²) in [7, 11) is 0. The monoisotopic (exact) mass is 415 g/mol. The maximum atomic E-state index is 12.7. The lowest BCUT2D eigenvalue weighted by Crippen LogP contribution is -2.07. The fraction of sp³-hybridized carbons (Fsp3) is 0.200. The van der Waals surface area contributed by atoms with E-state index in [9.17, 15) is 13.2 Å². The van der Waals surface area contributed by atoms with Gasteiger partial charge in [0.1, 0.15) is 27.4 Å². The van der Waals surface area contributed by atoms with Crippen LogP contribution in [0.15, 0.2) is 42.9 Å². The van der Waals surface area contributed by atoms with Gasteiger partial charge in [-0.2, -0.15) is 13.2 Å². The Morgan fingerprint density at radius 3 is 2.41 bits per heavy atom. The first kappa shape index (κ1) is 19.3. The second-order valence-corrected chi connectivity index (χ2v) is 7.65. The third-order valence-corrected chi connectivity index (χ3v) is 5.49. The van der Waals surface area contributed by atoms with Crippen LogP contribution in [0.3, 0.4) is 0 Å². The number of nitrogens with one attached hydrogen (secondary N) is 1. The van der Waals surface area contributed by atoms with Crippen LogP contribution in [0, 0.1) is 13.8 Å². The van der Waals surface area contributed by atoms with Crippen LogP contribution in [-0.4, -0.2) is 19.9 Å². The van der Waals surface area contributed by atoms with Crippen LogP contribution in [0.1, 0.15) is 27.4 Å². The van der Waals surface area contributed by atoms with Crippen LogP contribution in [0.2, 0.25) is 0 Å². The topological polar surface area (TPSA) is 63.6 Å². The quantitative estimate of drug-likeness (QED) is 0.480. The summed E-state index contributed by atoms with van der Waals surface area (Å²) in [5, 5.41) is 3.88. The zero-order chi connectivity index (χ0) is 20.6. The van der Waals surface area contributed by atoms with Crippen LogP contribution in [0.5, 0.6) is 0 Å². The molecule has 0 spiro atoms. The van der Waals surface area contributed by atoms with Gasteiger partial charge in [-0.1, -0.05) is 29.5 Å². The van der Waals surface area contributed by atoms with Crippen LogP contribution in [0.25, 0.3) is 10.3 Å². The van der Waals surface area contributed by atoms with Gasteiger partial charge in [0.2, 0.25) is 0 Å². The van der Waals surface area contributed by atoms with Gasteiger partial charge in [-0.25, -0.2) is 19.9 Å². The minimum atomic E-state index is -4.47. The number of benzene rings is 1. The Balaban J connectivity index is 1.63. The summed E-state index contributed by atoms with van der Waals surface area (Å²) in [6.07, 6.45) is -1.26. The summed E-state index contributed by atoms with van der Waals surface area (Å²) >= 11 is 1.47. The maximum absolute atomic E-state index is 12.7. The number of fused-ring (bicyclic) bond motifs is 1. The first-order valence-corrected chi connectivity index (χ1v) is 9.58. The molecule has 1 aromatic carbocycles. The smallest absolute Gasteiger partial charge is 0.337 e. The number of pyridine rings is 1. The van der Waals surface area contributed by atoms with Crippen LogP contribution in [-0.2, 0) is 12.6 Å². The average Bonchev–Trinajstić information content (AvgIpc) is 3.08. The van der Waals surface area contributed by atoms with E-state index < -0.39 is 11.9 Å². The number of thiazole rings is 1. The van der Waals surface area contributed by atoms with E-state index in [4.69, 9.17) is 0 Å². The van der Waals surface area contributed by atoms with Gasteiger partial charge >= 0.3 is 6.18 Å². The van der Waals surface area contributed by atoms with Gasteiger partial charge in [0.05, 0.1) is 11.9 Å². The van der Waals surface area contributed by atoms with Gasteiger partial charge in [-0.15, -0.1) is 0 Å². The Morgan fingerprint density at radius 1 is 1.00 bits per heavy atom. The molecule has 4 rings (SSSR count). The summed E-state index contributed by atoms with van der Waals surface area (Å²) < 4.78 is 38.0. The lowest BCUT2D eigenvalue weighted by molar-refractivity contribution is -0.141. The zero-order valence-corrected chi connectivity index (χ0v) is 16.4. The molecular weight excluding hydrogens is 399 g/mol. The van der Waals surface area contributed by atoms with Crippen molar-refractivity contribution < 1.29 is 13.2 Å². The zero-order valence-electron chi connectivity index (χ0n) is 15.6. The standard InChI is InChI=1S/C20H16F3N5S/c1-11-4-3-5-12(2)14(11)8-16-28-17-18(25-10-26-19(17)29-16)27-13-6-7-15(24-9-13)20(21,22)23/h3-7,9-10H,8H2,1-2H3,(H,25,26,27). The van der Waals surface area contributed by atoms with Crippen molar-refractivity contribution in [1.82, 2.24) is 19.9 Å². The van der Waals surface area contributed by atoms with Gasteiger partial charge in [-0.3, -0.25) is 0 Å². The largest absolute Gasteiger partial charge is 0.433 e. The summed E-state index contributed by atoms with van der Waals surface area (Å²) in [5.74, 6) is 0.431. The highest BCUT2D eigenvalue weighted by Crippen LogP contribution is 2.31. The van der Waals surface area contributed by atoms with E-state index in [-0.39, 0.29) is 0 Å². The molecule has 4 aromatic rings. The molecule has 0 aliphatic rings. The van der Waals surface area contributed by atoms with Crippen molar-refractivity contribution in [2.24, 2.45) is 0 Å². The summed E-state index contributed by atoms with van der Waals surface area (Å²) in [6, 6.07) is 8.40. The fourth-order valence-electron chi connectivity index (χ4n) is 3.02. The van der Waals surface area contributed by atoms with Crippen molar-refractivity contribution in [3.05, 3.63) is 70.2 Å². The molecule has 0 unspecified atom stereocenters. The number of anilines is 2. The second-order valence-electron chi connectivity index (χ2n) is 6.59. The van der Waals surface area contributed by atoms with E-state index in [0.717, 1.165) is 17.3 Å². The molecule has 0 saturated carbocycles. The molecule has 0 radical (unpaired) electrons. The molecule has 0 aliphatic heterocycles. The van der Waals surface area contributed by atoms with E-state index in [1.165, 1.54) is 40.4 Å². The van der Waals surface area contributed by atoms with Crippen LogP contribution < -0.4 is 5.32 Å². The predicted octanol–water partition coefficient (Wildman–Crippen LogP) is 5.45. The molecule has 0 amide bonds. The first-order valence-electron chi connectivity index (χ1n) is 8.77. The molecule has 0 fully saturated rings. The normalized spacial score (nSPS) is 11.8. The molecular formula is C20H16F3N5S. The maximum Gasteiger partial charge on any atom is 0.433 e. The minimum Gasteiger partial charge on any atom is -0.337 e. The van der Waals surface area contributed by atoms with Crippen molar-refractivity contribution in [2.45, 2.75) is 26.4 Å². The molecule has 3 aromatic heterocycles. The summed E-state index contributed by atoms with van der Waals surface area (Å²) in [4.78, 5) is 17.3. The Bertz CT molecular complexity index is 1150. The SMILES string of the molecule is Cc1cccc(C)c1Cc1nc2c(Nc3ccc(C(F)(F)F)nc3)ncnc2s1. The van der Waals surface area contributed by atoms with E-state index in [1.807, 2.05) is 6.07 Å². The van der Waals surface area contributed by atoms with Gasteiger partial charge in [0.25, 0.3) is 0 Å². The average molecular weight is 415 g/mol. The van der Waals surface area contributed by atoms with E-state index in [1.54, 1.807) is 0 Å². The molecule has 5 nitrogen and oxygen atoms in total. The predicted molar refractivity (Wildman–Crippen MR) is 106 cm³/mol. The molecule has 0 saturated heterocycles. The Morgan fingerprint density at radius 2 is 1.76 bits per heavy atom. The van der Waals surface area contributed by atoms with Crippen molar-refractivity contribution in [2.75, 3.05) is 5.32 Å². The summed E-state index contributed by atoms with van der Waals surface area (Å²) in [6.45, 7) is 4.14. The number of aromatic nitrogens is 4. The van der Waals surface area contributed by atoms with Gasteiger partial charge in [0.15, 0.2) is 5.82 Å². The molecule has 0 atom stereocenters. The lowest BCUT2D eigenvalue weighted by Gasteiger charge is -2.08. The molecule has 1 N–H and O–H groups in total. The summed E-state index contributed by atoms with van der Waals surface area (Å²) in [5.41, 5.74) is 3.65. The second kappa shape index (κ2) is 7.40. The van der Waals surface area contributed by atoms with E-state index >= 15 is 0 Å². The molecule has 29 heavy (non-hydrogen) atoms. The first-order chi connectivity index (χ1) is 13.8. The molecule has 148 valence electrons. The number of rotatable bonds is 4. The Hall–Kier alpha value is -3.07. The van der Waals surface area contributed by atoms with Crippen LogP contribution >= 0.6 is 11.3 Å². The highest BCUT2D eigenvalue weighted by atomic mass is 32.1. The third kappa shape index (κ3) is 4.04. The molecule has 3 heterocycles. The van der Waals surface area contributed by atoms with Gasteiger partial charge in [0, 0.05) is 6.42 Å². The van der Waals surface area contributed by atoms with Crippen molar-refractivity contribution >= 4 is 33.2 Å². The number of halogens is 3. The van der Waals surface area contributed by atoms with Gasteiger partial charge in [-0.05, 0) is 42.7 Å². The Labute approximate surface area is 168 Å². The van der Waals surface area contributed by atoms with E-state index in [2.05, 4.69) is 51.2 Å². The number of alkyl halides is 3. The highest BCUT2D eigenvalue weighted by Gasteiger charge is 2.32. The minimum absolute atomic E-state index is 0.391. The van der Waals surface area contributed by atoms with Crippen LogP contribution in [0.4, 0.5) is 24.7 Å².